The van der Waals surface area contributed by atoms with E-state index in [1.165, 1.54) is 24.1 Å². The molecule has 2 saturated heterocycles. The molecular formula is C20H28N4O2. The van der Waals surface area contributed by atoms with Gasteiger partial charge >= 0.3 is 0 Å². The SMILES string of the molecule is Cc1cc(N2CC(C)(CO)C2)ccc1-c1cn(CC2CCCCO2)nn1. The first-order chi connectivity index (χ1) is 12.6. The second kappa shape index (κ2) is 7.00. The molecule has 1 unspecified atom stereocenters. The van der Waals surface area contributed by atoms with Crippen molar-refractivity contribution < 1.29 is 9.84 Å². The van der Waals surface area contributed by atoms with Gasteiger partial charge in [0, 0.05) is 36.4 Å². The highest BCUT2D eigenvalue weighted by Crippen LogP contribution is 2.35. The highest BCUT2D eigenvalue weighted by atomic mass is 16.5. The number of hydrogen-bond donors (Lipinski definition) is 1. The Kier molecular flexibility index (Phi) is 4.71. The molecule has 1 aromatic heterocycles. The van der Waals surface area contributed by atoms with Crippen molar-refractivity contribution in [1.82, 2.24) is 15.0 Å². The maximum atomic E-state index is 9.42. The molecule has 2 aromatic rings. The third-order valence-corrected chi connectivity index (χ3v) is 5.58. The summed E-state index contributed by atoms with van der Waals surface area (Å²) in [6, 6.07) is 6.48. The Labute approximate surface area is 154 Å². The van der Waals surface area contributed by atoms with Crippen LogP contribution >= 0.6 is 0 Å². The number of aromatic nitrogens is 3. The van der Waals surface area contributed by atoms with Gasteiger partial charge in [-0.3, -0.25) is 0 Å². The Hall–Kier alpha value is -1.92. The Bertz CT molecular complexity index is 761. The van der Waals surface area contributed by atoms with Crippen LogP contribution in [0.4, 0.5) is 5.69 Å². The monoisotopic (exact) mass is 356 g/mol. The van der Waals surface area contributed by atoms with E-state index in [2.05, 4.69) is 47.3 Å². The van der Waals surface area contributed by atoms with E-state index >= 15 is 0 Å². The van der Waals surface area contributed by atoms with Crippen LogP contribution in [0.25, 0.3) is 11.3 Å². The third-order valence-electron chi connectivity index (χ3n) is 5.58. The van der Waals surface area contributed by atoms with Gasteiger partial charge in [0.05, 0.1) is 25.5 Å². The van der Waals surface area contributed by atoms with Crippen LogP contribution in [0.1, 0.15) is 31.7 Å². The molecule has 4 rings (SSSR count). The zero-order valence-electron chi connectivity index (χ0n) is 15.7. The molecule has 6 heteroatoms. The zero-order valence-corrected chi connectivity index (χ0v) is 15.7. The van der Waals surface area contributed by atoms with Crippen molar-refractivity contribution in [2.24, 2.45) is 5.41 Å². The molecule has 2 aliphatic rings. The van der Waals surface area contributed by atoms with E-state index < -0.39 is 0 Å². The first kappa shape index (κ1) is 17.5. The largest absolute Gasteiger partial charge is 0.396 e. The molecule has 0 amide bonds. The van der Waals surface area contributed by atoms with E-state index in [1.54, 1.807) is 0 Å². The molecule has 0 bridgehead atoms. The Morgan fingerprint density at radius 3 is 2.85 bits per heavy atom. The number of aryl methyl sites for hydroxylation is 1. The predicted octanol–water partition coefficient (Wildman–Crippen LogP) is 2.64. The van der Waals surface area contributed by atoms with Crippen LogP contribution in [0.2, 0.25) is 0 Å². The normalized spacial score (nSPS) is 22.3. The van der Waals surface area contributed by atoms with E-state index in [1.807, 2.05) is 10.9 Å². The van der Waals surface area contributed by atoms with E-state index in [0.29, 0.717) is 0 Å². The molecule has 0 aliphatic carbocycles. The van der Waals surface area contributed by atoms with E-state index in [4.69, 9.17) is 4.74 Å². The van der Waals surface area contributed by atoms with Crippen molar-refractivity contribution in [3.05, 3.63) is 30.0 Å². The van der Waals surface area contributed by atoms with Crippen molar-refractivity contribution in [2.45, 2.75) is 45.8 Å². The Morgan fingerprint density at radius 1 is 1.31 bits per heavy atom. The molecule has 140 valence electrons. The minimum Gasteiger partial charge on any atom is -0.396 e. The van der Waals surface area contributed by atoms with Crippen LogP contribution in [-0.2, 0) is 11.3 Å². The lowest BCUT2D eigenvalue weighted by Crippen LogP contribution is -2.56. The molecule has 0 saturated carbocycles. The number of anilines is 1. The number of aliphatic hydroxyl groups excluding tert-OH is 1. The van der Waals surface area contributed by atoms with Gasteiger partial charge in [-0.2, -0.15) is 0 Å². The summed E-state index contributed by atoms with van der Waals surface area (Å²) in [4.78, 5) is 2.31. The maximum absolute atomic E-state index is 9.42. The molecule has 1 atom stereocenters. The van der Waals surface area contributed by atoms with Gasteiger partial charge in [-0.05, 0) is 43.9 Å². The van der Waals surface area contributed by atoms with Crippen molar-refractivity contribution in [2.75, 3.05) is 31.2 Å². The molecule has 1 N–H and O–H groups in total. The highest BCUT2D eigenvalue weighted by Gasteiger charge is 2.38. The van der Waals surface area contributed by atoms with Crippen LogP contribution in [0.15, 0.2) is 24.4 Å². The molecule has 0 spiro atoms. The number of nitrogens with zero attached hydrogens (tertiary/aromatic N) is 4. The van der Waals surface area contributed by atoms with Crippen LogP contribution in [0, 0.1) is 12.3 Å². The average Bonchev–Trinajstić information content (AvgIpc) is 3.08. The molecule has 3 heterocycles. The summed E-state index contributed by atoms with van der Waals surface area (Å²) in [7, 11) is 0. The van der Waals surface area contributed by atoms with Crippen molar-refractivity contribution in [3.63, 3.8) is 0 Å². The summed E-state index contributed by atoms with van der Waals surface area (Å²) in [5.41, 5.74) is 4.47. The number of benzene rings is 1. The fourth-order valence-corrected chi connectivity index (χ4v) is 3.96. The Morgan fingerprint density at radius 2 is 2.15 bits per heavy atom. The van der Waals surface area contributed by atoms with Gasteiger partial charge in [0.2, 0.25) is 0 Å². The van der Waals surface area contributed by atoms with Gasteiger partial charge < -0.3 is 14.7 Å². The smallest absolute Gasteiger partial charge is 0.113 e. The second-order valence-electron chi connectivity index (χ2n) is 8.14. The van der Waals surface area contributed by atoms with Crippen LogP contribution < -0.4 is 4.90 Å². The molecule has 0 radical (unpaired) electrons. The lowest BCUT2D eigenvalue weighted by Gasteiger charge is -2.48. The van der Waals surface area contributed by atoms with Crippen LogP contribution in [0.3, 0.4) is 0 Å². The van der Waals surface area contributed by atoms with Gasteiger partial charge in [-0.1, -0.05) is 18.2 Å². The van der Waals surface area contributed by atoms with Gasteiger partial charge in [0.15, 0.2) is 0 Å². The maximum Gasteiger partial charge on any atom is 0.113 e. The summed E-state index contributed by atoms with van der Waals surface area (Å²) in [5, 5.41) is 18.1. The number of rotatable bonds is 5. The molecular weight excluding hydrogens is 328 g/mol. The summed E-state index contributed by atoms with van der Waals surface area (Å²) in [6.07, 6.45) is 5.78. The topological polar surface area (TPSA) is 63.4 Å². The standard InChI is InChI=1S/C20H28N4O2/c1-15-9-16(23-12-20(2,13-23)14-25)6-7-18(15)19-11-24(22-21-19)10-17-5-3-4-8-26-17/h6-7,9,11,17,25H,3-5,8,10,12-14H2,1-2H3. The van der Waals surface area contributed by atoms with Crippen LogP contribution in [0.5, 0.6) is 0 Å². The lowest BCUT2D eigenvalue weighted by molar-refractivity contribution is 0.00370. The zero-order chi connectivity index (χ0) is 18.1. The Balaban J connectivity index is 1.45. The van der Waals surface area contributed by atoms with Crippen molar-refractivity contribution in [1.29, 1.82) is 0 Å². The van der Waals surface area contributed by atoms with Gasteiger partial charge in [-0.15, -0.1) is 5.10 Å². The van der Waals surface area contributed by atoms with Gasteiger partial charge in [-0.25, -0.2) is 4.68 Å². The average molecular weight is 356 g/mol. The molecule has 6 nitrogen and oxygen atoms in total. The van der Waals surface area contributed by atoms with Gasteiger partial charge in [0.1, 0.15) is 5.69 Å². The van der Waals surface area contributed by atoms with E-state index in [9.17, 15) is 5.11 Å². The number of ether oxygens (including phenoxy) is 1. The summed E-state index contributed by atoms with van der Waals surface area (Å²) < 4.78 is 7.70. The number of hydrogen-bond acceptors (Lipinski definition) is 5. The lowest BCUT2D eigenvalue weighted by atomic mass is 9.82. The predicted molar refractivity (Wildman–Crippen MR) is 101 cm³/mol. The molecule has 26 heavy (non-hydrogen) atoms. The third kappa shape index (κ3) is 3.48. The molecule has 2 fully saturated rings. The number of aliphatic hydroxyl groups is 1. The summed E-state index contributed by atoms with van der Waals surface area (Å²) in [5.74, 6) is 0. The first-order valence-corrected chi connectivity index (χ1v) is 9.55. The van der Waals surface area contributed by atoms with E-state index in [-0.39, 0.29) is 18.1 Å². The fourth-order valence-electron chi connectivity index (χ4n) is 3.96. The van der Waals surface area contributed by atoms with Gasteiger partial charge in [0.25, 0.3) is 0 Å². The molecule has 2 aliphatic heterocycles. The summed E-state index contributed by atoms with van der Waals surface area (Å²) >= 11 is 0. The summed E-state index contributed by atoms with van der Waals surface area (Å²) in [6.45, 7) is 7.93. The highest BCUT2D eigenvalue weighted by molar-refractivity contribution is 5.67. The van der Waals surface area contributed by atoms with E-state index in [0.717, 1.165) is 43.9 Å². The fraction of sp³-hybridized carbons (Fsp3) is 0.600. The van der Waals surface area contributed by atoms with Crippen molar-refractivity contribution >= 4 is 5.69 Å². The molecule has 1 aromatic carbocycles. The van der Waals surface area contributed by atoms with Crippen LogP contribution in [-0.4, -0.2) is 52.5 Å². The second-order valence-corrected chi connectivity index (χ2v) is 8.14. The van der Waals surface area contributed by atoms with Crippen molar-refractivity contribution in [3.8, 4) is 11.3 Å². The minimum absolute atomic E-state index is 0.0382. The first-order valence-electron chi connectivity index (χ1n) is 9.55. The quantitative estimate of drug-likeness (QED) is 0.892. The minimum atomic E-state index is 0.0382.